The van der Waals surface area contributed by atoms with Gasteiger partial charge in [0.1, 0.15) is 5.75 Å². The average molecular weight is 572 g/mol. The zero-order valence-corrected chi connectivity index (χ0v) is 24.3. The summed E-state index contributed by atoms with van der Waals surface area (Å²) in [6.07, 6.45) is 6.40. The normalized spacial score (nSPS) is 12.2. The number of sulfonamides is 1. The molecule has 8 heteroatoms. The summed E-state index contributed by atoms with van der Waals surface area (Å²) in [5.74, 6) is 0.622. The van der Waals surface area contributed by atoms with Gasteiger partial charge in [0, 0.05) is 17.5 Å². The van der Waals surface area contributed by atoms with Crippen LogP contribution in [0.1, 0.15) is 68.2 Å². The van der Waals surface area contributed by atoms with Crippen LogP contribution in [0.15, 0.2) is 77.7 Å². The zero-order chi connectivity index (χ0) is 28.1. The first-order chi connectivity index (χ1) is 18.8. The molecule has 3 aromatic rings. The van der Waals surface area contributed by atoms with Crippen molar-refractivity contribution in [2.24, 2.45) is 0 Å². The molecule has 0 saturated carbocycles. The molecule has 0 aliphatic heterocycles. The maximum atomic E-state index is 13.2. The SMILES string of the molecule is CCCCCOc1ccc(CCC(NS(=O)(=O)c2ccc(Cl)cc2)c2ccc(CCCC(=O)OC)cc2)cc1. The zero-order valence-electron chi connectivity index (χ0n) is 22.7. The van der Waals surface area contributed by atoms with Crippen molar-refractivity contribution < 1.29 is 22.7 Å². The van der Waals surface area contributed by atoms with Crippen LogP contribution in [0.25, 0.3) is 0 Å². The van der Waals surface area contributed by atoms with Crippen LogP contribution in [-0.2, 0) is 32.4 Å². The second-order valence-corrected chi connectivity index (χ2v) is 11.7. The molecule has 0 aliphatic rings. The van der Waals surface area contributed by atoms with E-state index in [-0.39, 0.29) is 10.9 Å². The van der Waals surface area contributed by atoms with Crippen molar-refractivity contribution in [1.29, 1.82) is 0 Å². The van der Waals surface area contributed by atoms with E-state index in [0.717, 1.165) is 48.1 Å². The molecule has 39 heavy (non-hydrogen) atoms. The van der Waals surface area contributed by atoms with Crippen molar-refractivity contribution in [3.63, 3.8) is 0 Å². The Morgan fingerprint density at radius 2 is 1.51 bits per heavy atom. The number of ether oxygens (including phenoxy) is 2. The topological polar surface area (TPSA) is 81.7 Å². The molecule has 0 saturated heterocycles. The lowest BCUT2D eigenvalue weighted by Crippen LogP contribution is -2.29. The van der Waals surface area contributed by atoms with E-state index in [0.29, 0.717) is 37.3 Å². The molecule has 1 unspecified atom stereocenters. The highest BCUT2D eigenvalue weighted by molar-refractivity contribution is 7.89. The van der Waals surface area contributed by atoms with Gasteiger partial charge in [-0.3, -0.25) is 4.79 Å². The van der Waals surface area contributed by atoms with Crippen LogP contribution < -0.4 is 9.46 Å². The van der Waals surface area contributed by atoms with Crippen molar-refractivity contribution in [3.05, 3.63) is 94.5 Å². The predicted molar refractivity (Wildman–Crippen MR) is 156 cm³/mol. The first-order valence-electron chi connectivity index (χ1n) is 13.5. The number of hydrogen-bond acceptors (Lipinski definition) is 5. The number of nitrogens with one attached hydrogen (secondary N) is 1. The lowest BCUT2D eigenvalue weighted by atomic mass is 9.98. The smallest absolute Gasteiger partial charge is 0.305 e. The molecule has 1 N–H and O–H groups in total. The summed E-state index contributed by atoms with van der Waals surface area (Å²) in [6, 6.07) is 21.6. The van der Waals surface area contributed by atoms with Gasteiger partial charge in [0.2, 0.25) is 10.0 Å². The van der Waals surface area contributed by atoms with Crippen molar-refractivity contribution in [1.82, 2.24) is 4.72 Å². The largest absolute Gasteiger partial charge is 0.494 e. The number of carbonyl (C=O) groups excluding carboxylic acids is 1. The van der Waals surface area contributed by atoms with E-state index >= 15 is 0 Å². The quantitative estimate of drug-likeness (QED) is 0.147. The van der Waals surface area contributed by atoms with E-state index < -0.39 is 16.1 Å². The predicted octanol–water partition coefficient (Wildman–Crippen LogP) is 7.06. The lowest BCUT2D eigenvalue weighted by molar-refractivity contribution is -0.140. The van der Waals surface area contributed by atoms with Crippen LogP contribution in [0.4, 0.5) is 0 Å². The Labute approximate surface area is 237 Å². The summed E-state index contributed by atoms with van der Waals surface area (Å²) in [5.41, 5.74) is 3.06. The fourth-order valence-corrected chi connectivity index (χ4v) is 5.61. The standard InChI is InChI=1S/C31H38ClNO5S/c1-3-4-5-23-38-28-18-11-25(12-19-28)13-22-30(33-39(35,36)29-20-16-27(32)17-21-29)26-14-9-24(10-15-26)7-6-8-31(34)37-2/h9-12,14-21,30,33H,3-8,13,22-23H2,1-2H3. The molecular formula is C31H38ClNO5S. The summed E-state index contributed by atoms with van der Waals surface area (Å²) >= 11 is 5.96. The first-order valence-corrected chi connectivity index (χ1v) is 15.3. The van der Waals surface area contributed by atoms with Gasteiger partial charge >= 0.3 is 5.97 Å². The van der Waals surface area contributed by atoms with E-state index in [2.05, 4.69) is 11.6 Å². The molecule has 0 aliphatic carbocycles. The maximum Gasteiger partial charge on any atom is 0.305 e. The van der Waals surface area contributed by atoms with E-state index in [9.17, 15) is 13.2 Å². The van der Waals surface area contributed by atoms with Crippen LogP contribution in [0.3, 0.4) is 0 Å². The number of benzene rings is 3. The van der Waals surface area contributed by atoms with Gasteiger partial charge in [0.05, 0.1) is 18.6 Å². The van der Waals surface area contributed by atoms with Gasteiger partial charge in [-0.25, -0.2) is 13.1 Å². The monoisotopic (exact) mass is 571 g/mol. The Bertz CT molecular complexity index is 1260. The van der Waals surface area contributed by atoms with Crippen LogP contribution >= 0.6 is 11.6 Å². The highest BCUT2D eigenvalue weighted by Gasteiger charge is 2.22. The van der Waals surface area contributed by atoms with Gasteiger partial charge in [0.25, 0.3) is 0 Å². The molecule has 3 rings (SSSR count). The second-order valence-electron chi connectivity index (χ2n) is 9.54. The van der Waals surface area contributed by atoms with E-state index in [4.69, 9.17) is 21.1 Å². The number of methoxy groups -OCH3 is 1. The van der Waals surface area contributed by atoms with Crippen LogP contribution in [0.2, 0.25) is 5.02 Å². The highest BCUT2D eigenvalue weighted by Crippen LogP contribution is 2.25. The molecule has 0 spiro atoms. The molecule has 0 heterocycles. The van der Waals surface area contributed by atoms with Crippen LogP contribution in [0.5, 0.6) is 5.75 Å². The summed E-state index contributed by atoms with van der Waals surface area (Å²) in [7, 11) is -2.38. The molecule has 1 atom stereocenters. The Hall–Kier alpha value is -2.87. The molecule has 0 fully saturated rings. The Kier molecular flexibility index (Phi) is 12.3. The molecular weight excluding hydrogens is 534 g/mol. The van der Waals surface area contributed by atoms with E-state index in [1.54, 1.807) is 12.1 Å². The number of unbranched alkanes of at least 4 members (excludes halogenated alkanes) is 2. The van der Waals surface area contributed by atoms with Gasteiger partial charge < -0.3 is 9.47 Å². The van der Waals surface area contributed by atoms with Crippen molar-refractivity contribution in [3.8, 4) is 5.75 Å². The molecule has 0 amide bonds. The summed E-state index contributed by atoms with van der Waals surface area (Å²) in [5, 5.41) is 0.478. The number of esters is 1. The van der Waals surface area contributed by atoms with Gasteiger partial charge in [-0.15, -0.1) is 0 Å². The van der Waals surface area contributed by atoms with Crippen molar-refractivity contribution in [2.45, 2.75) is 69.2 Å². The number of halogens is 1. The Morgan fingerprint density at radius 3 is 2.15 bits per heavy atom. The lowest BCUT2D eigenvalue weighted by Gasteiger charge is -2.20. The minimum Gasteiger partial charge on any atom is -0.494 e. The number of rotatable bonds is 16. The summed E-state index contributed by atoms with van der Waals surface area (Å²) in [6.45, 7) is 2.88. The minimum absolute atomic E-state index is 0.168. The van der Waals surface area contributed by atoms with Gasteiger partial charge in [-0.2, -0.15) is 0 Å². The molecule has 210 valence electrons. The number of aryl methyl sites for hydroxylation is 2. The average Bonchev–Trinajstić information content (AvgIpc) is 2.94. The van der Waals surface area contributed by atoms with Crippen molar-refractivity contribution >= 4 is 27.6 Å². The highest BCUT2D eigenvalue weighted by atomic mass is 35.5. The van der Waals surface area contributed by atoms with Crippen molar-refractivity contribution in [2.75, 3.05) is 13.7 Å². The fraction of sp³-hybridized carbons (Fsp3) is 0.387. The Balaban J connectivity index is 1.71. The third kappa shape index (κ3) is 10.3. The fourth-order valence-electron chi connectivity index (χ4n) is 4.22. The van der Waals surface area contributed by atoms with E-state index in [1.165, 1.54) is 19.2 Å². The van der Waals surface area contributed by atoms with E-state index in [1.807, 2.05) is 48.5 Å². The van der Waals surface area contributed by atoms with Gasteiger partial charge in [-0.05, 0) is 85.2 Å². The Morgan fingerprint density at radius 1 is 0.872 bits per heavy atom. The number of hydrogen-bond donors (Lipinski definition) is 1. The molecule has 0 bridgehead atoms. The van der Waals surface area contributed by atoms with Crippen LogP contribution in [0, 0.1) is 0 Å². The molecule has 3 aromatic carbocycles. The summed E-state index contributed by atoms with van der Waals surface area (Å²) < 4.78 is 39.8. The second kappa shape index (κ2) is 15.7. The maximum absolute atomic E-state index is 13.2. The third-order valence-corrected chi connectivity index (χ3v) is 8.28. The first kappa shape index (κ1) is 30.7. The molecule has 0 aromatic heterocycles. The van der Waals surface area contributed by atoms with Gasteiger partial charge in [-0.1, -0.05) is 67.8 Å². The third-order valence-electron chi connectivity index (χ3n) is 6.54. The molecule has 6 nitrogen and oxygen atoms in total. The van der Waals surface area contributed by atoms with Crippen LogP contribution in [-0.4, -0.2) is 28.1 Å². The van der Waals surface area contributed by atoms with Gasteiger partial charge in [0.15, 0.2) is 0 Å². The minimum atomic E-state index is -3.77. The summed E-state index contributed by atoms with van der Waals surface area (Å²) in [4.78, 5) is 11.6. The number of carbonyl (C=O) groups is 1. The molecule has 0 radical (unpaired) electrons.